The molecular weight excluding hydrogens is 260 g/mol. The van der Waals surface area contributed by atoms with Crippen LogP contribution in [-0.4, -0.2) is 18.7 Å². The van der Waals surface area contributed by atoms with E-state index in [0.29, 0.717) is 12.5 Å². The van der Waals surface area contributed by atoms with Gasteiger partial charge in [0.05, 0.1) is 6.07 Å². The summed E-state index contributed by atoms with van der Waals surface area (Å²) >= 11 is 0. The van der Waals surface area contributed by atoms with Gasteiger partial charge in [-0.05, 0) is 55.8 Å². The molecule has 0 aromatic heterocycles. The van der Waals surface area contributed by atoms with Crippen LogP contribution in [-0.2, 0) is 6.42 Å². The number of ether oxygens (including phenoxy) is 1. The molecule has 1 atom stereocenters. The third kappa shape index (κ3) is 4.22. The molecule has 3 nitrogen and oxygen atoms in total. The molecule has 1 aromatic carbocycles. The first kappa shape index (κ1) is 15.9. The van der Waals surface area contributed by atoms with Gasteiger partial charge in [-0.15, -0.1) is 0 Å². The summed E-state index contributed by atoms with van der Waals surface area (Å²) < 4.78 is 5.91. The maximum Gasteiger partial charge on any atom is 0.143 e. The molecule has 0 aliphatic heterocycles. The third-order valence-electron chi connectivity index (χ3n) is 4.09. The molecule has 114 valence electrons. The molecule has 1 fully saturated rings. The highest BCUT2D eigenvalue weighted by molar-refractivity contribution is 5.28. The van der Waals surface area contributed by atoms with Crippen LogP contribution in [0.3, 0.4) is 0 Å². The quantitative estimate of drug-likeness (QED) is 0.753. The molecule has 1 aliphatic rings. The van der Waals surface area contributed by atoms with Gasteiger partial charge in [0.1, 0.15) is 17.9 Å². The summed E-state index contributed by atoms with van der Waals surface area (Å²) in [4.78, 5) is 0. The van der Waals surface area contributed by atoms with Gasteiger partial charge in [-0.1, -0.05) is 32.4 Å². The molecule has 1 N–H and O–H groups in total. The predicted octanol–water partition coefficient (Wildman–Crippen LogP) is 3.69. The van der Waals surface area contributed by atoms with Crippen molar-refractivity contribution >= 4 is 0 Å². The van der Waals surface area contributed by atoms with Gasteiger partial charge in [-0.25, -0.2) is 0 Å². The minimum Gasteiger partial charge on any atom is -0.491 e. The van der Waals surface area contributed by atoms with Crippen LogP contribution in [0, 0.1) is 17.2 Å². The van der Waals surface area contributed by atoms with Crippen molar-refractivity contribution in [1.82, 2.24) is 5.32 Å². The van der Waals surface area contributed by atoms with E-state index in [9.17, 15) is 5.26 Å². The number of nitriles is 1. The number of rotatable bonds is 9. The van der Waals surface area contributed by atoms with Crippen LogP contribution >= 0.6 is 0 Å². The maximum absolute atomic E-state index is 9.61. The maximum atomic E-state index is 9.61. The van der Waals surface area contributed by atoms with E-state index < -0.39 is 5.54 Å². The fourth-order valence-electron chi connectivity index (χ4n) is 2.64. The van der Waals surface area contributed by atoms with Gasteiger partial charge in [-0.2, -0.15) is 5.26 Å². The van der Waals surface area contributed by atoms with Crippen molar-refractivity contribution in [2.75, 3.05) is 13.2 Å². The number of nitrogens with one attached hydrogen (secondary N) is 1. The van der Waals surface area contributed by atoms with E-state index in [1.807, 2.05) is 12.1 Å². The lowest BCUT2D eigenvalue weighted by Gasteiger charge is -2.28. The van der Waals surface area contributed by atoms with Crippen LogP contribution in [0.15, 0.2) is 24.3 Å². The zero-order chi connectivity index (χ0) is 15.1. The second kappa shape index (κ2) is 7.47. The number of hydrogen-bond donors (Lipinski definition) is 1. The molecule has 3 heteroatoms. The second-order valence-electron chi connectivity index (χ2n) is 5.97. The van der Waals surface area contributed by atoms with Gasteiger partial charge >= 0.3 is 0 Å². The topological polar surface area (TPSA) is 45.0 Å². The average molecular weight is 286 g/mol. The zero-order valence-electron chi connectivity index (χ0n) is 13.2. The summed E-state index contributed by atoms with van der Waals surface area (Å²) in [5.41, 5.74) is 0.820. The molecule has 2 rings (SSSR count). The van der Waals surface area contributed by atoms with Gasteiger partial charge < -0.3 is 4.74 Å². The number of nitrogens with zero attached hydrogens (tertiary/aromatic N) is 1. The van der Waals surface area contributed by atoms with Gasteiger partial charge in [0.15, 0.2) is 0 Å². The Labute approximate surface area is 128 Å². The van der Waals surface area contributed by atoms with Crippen LogP contribution in [0.4, 0.5) is 0 Å². The molecule has 0 spiro atoms. The van der Waals surface area contributed by atoms with Crippen LogP contribution in [0.2, 0.25) is 0 Å². The Bertz CT molecular complexity index is 473. The van der Waals surface area contributed by atoms with Crippen molar-refractivity contribution in [1.29, 1.82) is 5.26 Å². The molecule has 1 aromatic rings. The van der Waals surface area contributed by atoms with E-state index in [1.165, 1.54) is 5.56 Å². The fourth-order valence-corrected chi connectivity index (χ4v) is 2.64. The summed E-state index contributed by atoms with van der Waals surface area (Å²) in [6, 6.07) is 10.7. The lowest BCUT2D eigenvalue weighted by Crippen LogP contribution is -2.51. The van der Waals surface area contributed by atoms with Crippen LogP contribution in [0.25, 0.3) is 0 Å². The van der Waals surface area contributed by atoms with Gasteiger partial charge in [-0.3, -0.25) is 5.32 Å². The van der Waals surface area contributed by atoms with Crippen LogP contribution in [0.5, 0.6) is 5.75 Å². The molecular formula is C18H26N2O. The fraction of sp³-hybridized carbons (Fsp3) is 0.611. The number of hydrogen-bond acceptors (Lipinski definition) is 3. The Hall–Kier alpha value is -1.53. The minimum absolute atomic E-state index is 0.432. The Morgan fingerprint density at radius 1 is 1.24 bits per heavy atom. The molecule has 1 aliphatic carbocycles. The third-order valence-corrected chi connectivity index (χ3v) is 4.09. The molecule has 1 unspecified atom stereocenters. The lowest BCUT2D eigenvalue weighted by atomic mass is 9.96. The highest BCUT2D eigenvalue weighted by Crippen LogP contribution is 2.39. The van der Waals surface area contributed by atoms with Gasteiger partial charge in [0, 0.05) is 0 Å². The molecule has 0 radical (unpaired) electrons. The van der Waals surface area contributed by atoms with E-state index in [-0.39, 0.29) is 0 Å². The molecule has 0 heterocycles. The normalized spacial score (nSPS) is 17.0. The number of aryl methyl sites for hydroxylation is 1. The zero-order valence-corrected chi connectivity index (χ0v) is 13.2. The summed E-state index contributed by atoms with van der Waals surface area (Å²) in [6.07, 6.45) is 5.54. The monoisotopic (exact) mass is 286 g/mol. The first-order valence-electron chi connectivity index (χ1n) is 8.12. The van der Waals surface area contributed by atoms with E-state index in [2.05, 4.69) is 37.4 Å². The smallest absolute Gasteiger partial charge is 0.143 e. The van der Waals surface area contributed by atoms with Crippen LogP contribution < -0.4 is 10.1 Å². The summed E-state index contributed by atoms with van der Waals surface area (Å²) in [6.45, 7) is 5.60. The summed E-state index contributed by atoms with van der Waals surface area (Å²) in [7, 11) is 0. The van der Waals surface area contributed by atoms with E-state index >= 15 is 0 Å². The van der Waals surface area contributed by atoms with Crippen molar-refractivity contribution in [3.05, 3.63) is 29.8 Å². The Kier molecular flexibility index (Phi) is 5.64. The van der Waals surface area contributed by atoms with Crippen LogP contribution in [0.1, 0.15) is 45.1 Å². The van der Waals surface area contributed by atoms with Crippen molar-refractivity contribution in [2.24, 2.45) is 5.92 Å². The average Bonchev–Trinajstić information content (AvgIpc) is 3.35. The predicted molar refractivity (Wildman–Crippen MR) is 85.3 cm³/mol. The first-order valence-corrected chi connectivity index (χ1v) is 8.12. The summed E-state index contributed by atoms with van der Waals surface area (Å²) in [5.74, 6) is 1.29. The molecule has 21 heavy (non-hydrogen) atoms. The Balaban J connectivity index is 1.96. The van der Waals surface area contributed by atoms with E-state index in [1.54, 1.807) is 0 Å². The molecule has 0 saturated heterocycles. The summed E-state index contributed by atoms with van der Waals surface area (Å²) in [5, 5.41) is 13.0. The van der Waals surface area contributed by atoms with Crippen molar-refractivity contribution in [3.63, 3.8) is 0 Å². The first-order chi connectivity index (χ1) is 10.2. The van der Waals surface area contributed by atoms with Crippen molar-refractivity contribution < 1.29 is 4.74 Å². The second-order valence-corrected chi connectivity index (χ2v) is 5.97. The highest BCUT2D eigenvalue weighted by Gasteiger charge is 2.46. The largest absolute Gasteiger partial charge is 0.491 e. The highest BCUT2D eigenvalue weighted by atomic mass is 16.5. The van der Waals surface area contributed by atoms with Gasteiger partial charge in [0.2, 0.25) is 0 Å². The molecule has 0 bridgehead atoms. The van der Waals surface area contributed by atoms with E-state index in [4.69, 9.17) is 4.74 Å². The van der Waals surface area contributed by atoms with Crippen molar-refractivity contribution in [3.8, 4) is 11.8 Å². The minimum atomic E-state index is -0.516. The molecule has 1 saturated carbocycles. The lowest BCUT2D eigenvalue weighted by molar-refractivity contribution is 0.202. The standard InChI is InChI=1S/C18H26N2O/c1-3-5-15-6-10-17(11-7-15)21-14-18(13-19,16-8-9-16)20-12-4-2/h6-7,10-11,16,20H,3-5,8-9,12,14H2,1-2H3. The SMILES string of the molecule is CCCNC(C#N)(COc1ccc(CCC)cc1)C1CC1. The van der Waals surface area contributed by atoms with Crippen molar-refractivity contribution in [2.45, 2.75) is 51.5 Å². The Morgan fingerprint density at radius 3 is 2.48 bits per heavy atom. The molecule has 0 amide bonds. The number of benzene rings is 1. The van der Waals surface area contributed by atoms with Gasteiger partial charge in [0.25, 0.3) is 0 Å². The Morgan fingerprint density at radius 2 is 1.95 bits per heavy atom. The van der Waals surface area contributed by atoms with E-state index in [0.717, 1.165) is 44.4 Å².